The van der Waals surface area contributed by atoms with Crippen LogP contribution in [0.2, 0.25) is 0 Å². The van der Waals surface area contributed by atoms with Gasteiger partial charge in [-0.15, -0.1) is 16.4 Å². The Morgan fingerprint density at radius 1 is 1.42 bits per heavy atom. The maximum Gasteiger partial charge on any atom is 0.290 e. The van der Waals surface area contributed by atoms with E-state index in [0.29, 0.717) is 13.2 Å². The van der Waals surface area contributed by atoms with Crippen molar-refractivity contribution in [1.29, 1.82) is 0 Å². The molecule has 4 rings (SSSR count). The zero-order valence-corrected chi connectivity index (χ0v) is 14.4. The molecule has 24 heavy (non-hydrogen) atoms. The quantitative estimate of drug-likeness (QED) is 0.715. The van der Waals surface area contributed by atoms with Crippen LogP contribution in [0.1, 0.15) is 40.3 Å². The molecule has 0 radical (unpaired) electrons. The lowest BCUT2D eigenvalue weighted by Gasteiger charge is -2.09. The molecule has 3 aromatic heterocycles. The van der Waals surface area contributed by atoms with Crippen molar-refractivity contribution in [2.24, 2.45) is 0 Å². The summed E-state index contributed by atoms with van der Waals surface area (Å²) in [7, 11) is 1.64. The van der Waals surface area contributed by atoms with E-state index >= 15 is 0 Å². The van der Waals surface area contributed by atoms with Crippen LogP contribution in [0.25, 0.3) is 15.9 Å². The number of methoxy groups -OCH3 is 1. The third-order valence-electron chi connectivity index (χ3n) is 4.31. The highest BCUT2D eigenvalue weighted by atomic mass is 32.1. The maximum atomic E-state index is 12.2. The van der Waals surface area contributed by atoms with Gasteiger partial charge in [-0.2, -0.15) is 0 Å². The number of hydrogen-bond donors (Lipinski definition) is 1. The third-order valence-corrected chi connectivity index (χ3v) is 5.51. The summed E-state index contributed by atoms with van der Waals surface area (Å²) in [4.78, 5) is 23.6. The van der Waals surface area contributed by atoms with Gasteiger partial charge in [0.2, 0.25) is 5.82 Å². The molecule has 0 saturated heterocycles. The van der Waals surface area contributed by atoms with Crippen LogP contribution in [0.15, 0.2) is 6.33 Å². The van der Waals surface area contributed by atoms with Gasteiger partial charge in [0, 0.05) is 25.1 Å². The molecule has 3 heterocycles. The first kappa shape index (κ1) is 15.5. The Labute approximate surface area is 143 Å². The lowest BCUT2D eigenvalue weighted by Crippen LogP contribution is -2.26. The zero-order valence-electron chi connectivity index (χ0n) is 13.5. The van der Waals surface area contributed by atoms with Gasteiger partial charge >= 0.3 is 0 Å². The number of hydrogen-bond acceptors (Lipinski definition) is 6. The number of carbonyl (C=O) groups is 1. The number of aryl methyl sites for hydroxylation is 2. The average molecular weight is 345 g/mol. The van der Waals surface area contributed by atoms with Gasteiger partial charge in [0.25, 0.3) is 5.91 Å². The minimum Gasteiger partial charge on any atom is -0.385 e. The van der Waals surface area contributed by atoms with E-state index in [4.69, 9.17) is 4.74 Å². The average Bonchev–Trinajstić information content (AvgIpc) is 3.19. The molecule has 0 atom stereocenters. The van der Waals surface area contributed by atoms with Crippen LogP contribution in [0, 0.1) is 0 Å². The second kappa shape index (κ2) is 6.45. The van der Waals surface area contributed by atoms with E-state index < -0.39 is 0 Å². The molecule has 0 saturated carbocycles. The number of rotatable bonds is 5. The summed E-state index contributed by atoms with van der Waals surface area (Å²) >= 11 is 1.74. The summed E-state index contributed by atoms with van der Waals surface area (Å²) in [6.45, 7) is 1.16. The smallest absolute Gasteiger partial charge is 0.290 e. The van der Waals surface area contributed by atoms with Gasteiger partial charge in [-0.05, 0) is 37.7 Å². The molecule has 0 aromatic carbocycles. The van der Waals surface area contributed by atoms with Gasteiger partial charge in [-0.1, -0.05) is 0 Å². The van der Waals surface area contributed by atoms with E-state index in [1.807, 2.05) is 0 Å². The largest absolute Gasteiger partial charge is 0.385 e. The molecule has 1 aliphatic rings. The number of fused-ring (bicyclic) bond motifs is 5. The van der Waals surface area contributed by atoms with E-state index in [2.05, 4.69) is 20.4 Å². The Hall–Kier alpha value is -2.06. The molecule has 8 heteroatoms. The van der Waals surface area contributed by atoms with Gasteiger partial charge in [-0.3, -0.25) is 4.79 Å². The number of thiophene rings is 1. The van der Waals surface area contributed by atoms with E-state index in [9.17, 15) is 4.79 Å². The van der Waals surface area contributed by atoms with Crippen LogP contribution in [0.5, 0.6) is 0 Å². The maximum absolute atomic E-state index is 12.2. The van der Waals surface area contributed by atoms with Crippen LogP contribution in [-0.2, 0) is 17.6 Å². The minimum atomic E-state index is -0.257. The molecule has 1 aliphatic carbocycles. The standard InChI is InChI=1S/C16H19N5O2S/c1-23-8-4-7-17-15(22)13-19-14-12-10-5-2-3-6-11(10)24-16(12)18-9-21(14)20-13/h9H,2-8H2,1H3,(H,17,22). The summed E-state index contributed by atoms with van der Waals surface area (Å²) in [5.41, 5.74) is 2.08. The second-order valence-electron chi connectivity index (χ2n) is 5.94. The Bertz CT molecular complexity index is 901. The van der Waals surface area contributed by atoms with Crippen LogP contribution >= 0.6 is 11.3 Å². The molecule has 1 amide bonds. The van der Waals surface area contributed by atoms with Gasteiger partial charge in [0.15, 0.2) is 5.65 Å². The molecule has 0 bridgehead atoms. The molecule has 0 spiro atoms. The van der Waals surface area contributed by atoms with Crippen molar-refractivity contribution < 1.29 is 9.53 Å². The summed E-state index contributed by atoms with van der Waals surface area (Å²) in [6, 6.07) is 0. The molecule has 3 aromatic rings. The van der Waals surface area contributed by atoms with Gasteiger partial charge < -0.3 is 10.1 Å². The Balaban J connectivity index is 1.68. The lowest BCUT2D eigenvalue weighted by molar-refractivity contribution is 0.0938. The molecule has 0 unspecified atom stereocenters. The fourth-order valence-electron chi connectivity index (χ4n) is 3.15. The molecule has 126 valence electrons. The van der Waals surface area contributed by atoms with E-state index in [1.54, 1.807) is 29.3 Å². The van der Waals surface area contributed by atoms with Crippen molar-refractivity contribution in [2.75, 3.05) is 20.3 Å². The van der Waals surface area contributed by atoms with Gasteiger partial charge in [0.1, 0.15) is 11.2 Å². The van der Waals surface area contributed by atoms with Crippen molar-refractivity contribution in [2.45, 2.75) is 32.1 Å². The van der Waals surface area contributed by atoms with Crippen molar-refractivity contribution in [3.63, 3.8) is 0 Å². The molecule has 0 aliphatic heterocycles. The normalized spacial score (nSPS) is 14.2. The Morgan fingerprint density at radius 3 is 3.17 bits per heavy atom. The number of ether oxygens (including phenoxy) is 1. The number of aromatic nitrogens is 4. The Kier molecular flexibility index (Phi) is 4.15. The van der Waals surface area contributed by atoms with Crippen molar-refractivity contribution >= 4 is 33.1 Å². The summed E-state index contributed by atoms with van der Waals surface area (Å²) in [6.07, 6.45) is 7.01. The monoisotopic (exact) mass is 345 g/mol. The van der Waals surface area contributed by atoms with Crippen LogP contribution in [0.3, 0.4) is 0 Å². The van der Waals surface area contributed by atoms with E-state index in [1.165, 1.54) is 23.3 Å². The van der Waals surface area contributed by atoms with Crippen molar-refractivity contribution in [3.05, 3.63) is 22.6 Å². The zero-order chi connectivity index (χ0) is 16.5. The Morgan fingerprint density at radius 2 is 2.29 bits per heavy atom. The fraction of sp³-hybridized carbons (Fsp3) is 0.500. The number of nitrogens with one attached hydrogen (secondary N) is 1. The minimum absolute atomic E-state index is 0.192. The number of nitrogens with zero attached hydrogens (tertiary/aromatic N) is 4. The van der Waals surface area contributed by atoms with E-state index in [0.717, 1.165) is 35.1 Å². The summed E-state index contributed by atoms with van der Waals surface area (Å²) in [5.74, 6) is -0.0653. The van der Waals surface area contributed by atoms with Crippen LogP contribution in [0.4, 0.5) is 0 Å². The highest BCUT2D eigenvalue weighted by molar-refractivity contribution is 7.19. The van der Waals surface area contributed by atoms with Crippen LogP contribution < -0.4 is 5.32 Å². The molecular formula is C16H19N5O2S. The number of carbonyl (C=O) groups excluding carboxylic acids is 1. The molecular weight excluding hydrogens is 326 g/mol. The van der Waals surface area contributed by atoms with E-state index in [-0.39, 0.29) is 11.7 Å². The predicted octanol–water partition coefficient (Wildman–Crippen LogP) is 1.98. The first-order valence-corrected chi connectivity index (χ1v) is 9.02. The van der Waals surface area contributed by atoms with Gasteiger partial charge in [0.05, 0.1) is 5.39 Å². The molecule has 7 nitrogen and oxygen atoms in total. The highest BCUT2D eigenvalue weighted by Gasteiger charge is 2.21. The predicted molar refractivity (Wildman–Crippen MR) is 91.6 cm³/mol. The first-order chi connectivity index (χ1) is 11.8. The first-order valence-electron chi connectivity index (χ1n) is 8.20. The topological polar surface area (TPSA) is 81.4 Å². The SMILES string of the molecule is COCCCNC(=O)c1nc2c3c4c(sc3ncn2n1)CCCC4. The molecule has 0 fully saturated rings. The fourth-order valence-corrected chi connectivity index (χ4v) is 4.37. The molecule has 1 N–H and O–H groups in total. The van der Waals surface area contributed by atoms with Crippen molar-refractivity contribution in [3.8, 4) is 0 Å². The number of amides is 1. The summed E-state index contributed by atoms with van der Waals surface area (Å²) in [5, 5.41) is 8.19. The third kappa shape index (κ3) is 2.65. The highest BCUT2D eigenvalue weighted by Crippen LogP contribution is 2.36. The van der Waals surface area contributed by atoms with Crippen LogP contribution in [-0.4, -0.2) is 45.8 Å². The lowest BCUT2D eigenvalue weighted by atomic mass is 9.97. The van der Waals surface area contributed by atoms with Crippen molar-refractivity contribution in [1.82, 2.24) is 24.9 Å². The second-order valence-corrected chi connectivity index (χ2v) is 7.03. The van der Waals surface area contributed by atoms with Gasteiger partial charge in [-0.25, -0.2) is 14.5 Å². The summed E-state index contributed by atoms with van der Waals surface area (Å²) < 4.78 is 6.59.